The van der Waals surface area contributed by atoms with Crippen molar-refractivity contribution in [3.63, 3.8) is 0 Å². The Balaban J connectivity index is 0.00000576. The number of rotatable bonds is 14. The van der Waals surface area contributed by atoms with Crippen molar-refractivity contribution in [2.45, 2.75) is 66.3 Å². The summed E-state index contributed by atoms with van der Waals surface area (Å²) < 4.78 is 37.6. The second-order valence-corrected chi connectivity index (χ2v) is 11.6. The van der Waals surface area contributed by atoms with Crippen molar-refractivity contribution in [1.29, 1.82) is 0 Å². The van der Waals surface area contributed by atoms with E-state index in [1.54, 1.807) is 42.5 Å². The Hall–Kier alpha value is -3.64. The third-order valence-corrected chi connectivity index (χ3v) is 7.07. The van der Waals surface area contributed by atoms with Gasteiger partial charge in [0, 0.05) is 23.1 Å². The molecule has 0 aliphatic carbocycles. The number of ketones is 1. The normalized spacial score (nSPS) is 11.7. The van der Waals surface area contributed by atoms with Crippen molar-refractivity contribution in [3.05, 3.63) is 70.8 Å². The molecule has 46 heavy (non-hydrogen) atoms. The number of aromatic nitrogens is 2. The van der Waals surface area contributed by atoms with E-state index in [1.165, 1.54) is 20.3 Å². The molecule has 238 valence electrons. The van der Waals surface area contributed by atoms with Gasteiger partial charge in [-0.3, -0.25) is 4.79 Å². The van der Waals surface area contributed by atoms with Gasteiger partial charge in [0.05, 0.1) is 50.2 Å². The zero-order valence-electron chi connectivity index (χ0n) is 27.6. The topological polar surface area (TPSA) is 129 Å². The fourth-order valence-corrected chi connectivity index (χ4v) is 5.28. The van der Waals surface area contributed by atoms with Crippen LogP contribution in [0.25, 0.3) is 16.6 Å². The van der Waals surface area contributed by atoms with Gasteiger partial charge in [-0.25, -0.2) is 0 Å². The van der Waals surface area contributed by atoms with Crippen LogP contribution < -0.4 is 58.3 Å². The van der Waals surface area contributed by atoms with Crippen LogP contribution in [0.2, 0.25) is 0 Å². The molecule has 0 saturated carbocycles. The molecule has 0 saturated heterocycles. The molecule has 0 atom stereocenters. The van der Waals surface area contributed by atoms with Gasteiger partial charge in [0.15, 0.2) is 28.8 Å². The Morgan fingerprint density at radius 1 is 0.717 bits per heavy atom. The first-order valence-electron chi connectivity index (χ1n) is 14.5. The summed E-state index contributed by atoms with van der Waals surface area (Å²) in [4.78, 5) is 27.2. The molecule has 12 heteroatoms. The summed E-state index contributed by atoms with van der Waals surface area (Å²) in [6.07, 6.45) is -0.694. The van der Waals surface area contributed by atoms with Gasteiger partial charge in [0.2, 0.25) is 5.75 Å². The zero-order chi connectivity index (χ0) is 32.8. The molecule has 0 unspecified atom stereocenters. The van der Waals surface area contributed by atoms with Crippen LogP contribution in [-0.4, -0.2) is 53.0 Å². The van der Waals surface area contributed by atoms with E-state index in [4.69, 9.17) is 23.7 Å². The monoisotopic (exact) mass is 656 g/mol. The molecule has 0 amide bonds. The van der Waals surface area contributed by atoms with Gasteiger partial charge >= 0.3 is 29.6 Å². The smallest absolute Gasteiger partial charge is 0.545 e. The third-order valence-electron chi connectivity index (χ3n) is 6.51. The molecule has 10 nitrogen and oxygen atoms in total. The summed E-state index contributed by atoms with van der Waals surface area (Å²) >= 11 is 1.01. The molecule has 1 aromatic heterocycles. The number of Topliss-reactive ketones (excluding diaryl/α,β-unsaturated/α-hetero) is 1. The van der Waals surface area contributed by atoms with Crippen molar-refractivity contribution in [2.75, 3.05) is 14.2 Å². The summed E-state index contributed by atoms with van der Waals surface area (Å²) in [5, 5.41) is 12.9. The van der Waals surface area contributed by atoms with Crippen LogP contribution in [0.4, 0.5) is 0 Å². The molecule has 4 aromatic rings. The average molecular weight is 657 g/mol. The molecular formula is C34H37N2NaO8S. The number of methoxy groups -OCH3 is 2. The number of hydrogen-bond acceptors (Lipinski definition) is 11. The number of carbonyl (C=O) groups is 2. The van der Waals surface area contributed by atoms with Gasteiger partial charge in [-0.1, -0.05) is 6.07 Å². The van der Waals surface area contributed by atoms with Crippen molar-refractivity contribution in [3.8, 4) is 28.7 Å². The van der Waals surface area contributed by atoms with E-state index in [9.17, 15) is 14.7 Å². The Morgan fingerprint density at radius 3 is 1.83 bits per heavy atom. The first-order valence-corrected chi connectivity index (χ1v) is 15.3. The van der Waals surface area contributed by atoms with Gasteiger partial charge in [0.25, 0.3) is 0 Å². The van der Waals surface area contributed by atoms with Crippen molar-refractivity contribution >= 4 is 40.1 Å². The predicted octanol–water partition coefficient (Wildman–Crippen LogP) is 2.70. The van der Waals surface area contributed by atoms with Crippen LogP contribution in [0.15, 0.2) is 54.1 Å². The zero-order valence-corrected chi connectivity index (χ0v) is 30.4. The molecule has 0 radical (unpaired) electrons. The van der Waals surface area contributed by atoms with Gasteiger partial charge in [-0.05, 0) is 95.1 Å². The fraction of sp³-hybridized carbons (Fsp3) is 0.353. The Labute approximate surface area is 295 Å². The van der Waals surface area contributed by atoms with Gasteiger partial charge in [0.1, 0.15) is 11.0 Å². The second-order valence-electron chi connectivity index (χ2n) is 11.1. The van der Waals surface area contributed by atoms with E-state index in [2.05, 4.69) is 8.75 Å². The molecular weight excluding hydrogens is 619 g/mol. The molecule has 0 fully saturated rings. The minimum atomic E-state index is -1.52. The van der Waals surface area contributed by atoms with Gasteiger partial charge in [-0.2, -0.15) is 8.75 Å². The van der Waals surface area contributed by atoms with E-state index >= 15 is 0 Å². The number of nitrogens with zero attached hydrogens (tertiary/aromatic N) is 2. The number of aliphatic carboxylic acids is 1. The van der Waals surface area contributed by atoms with Gasteiger partial charge < -0.3 is 33.6 Å². The summed E-state index contributed by atoms with van der Waals surface area (Å²) in [6, 6.07) is 13.0. The Bertz CT molecular complexity index is 1700. The fourth-order valence-electron chi connectivity index (χ4n) is 4.76. The van der Waals surface area contributed by atoms with Crippen LogP contribution in [-0.2, 0) is 11.2 Å². The van der Waals surface area contributed by atoms with Crippen LogP contribution in [0.5, 0.6) is 28.7 Å². The predicted molar refractivity (Wildman–Crippen MR) is 171 cm³/mol. The molecule has 0 spiro atoms. The summed E-state index contributed by atoms with van der Waals surface area (Å²) in [5.41, 5.74) is 1.85. The number of fused-ring (bicyclic) bond motifs is 1. The Morgan fingerprint density at radius 2 is 1.28 bits per heavy atom. The SMILES string of the molecule is COc1ccc(C(=O)C(Cc2cc(OC(C)C)c(OC(C)C)c(OC(C)C)c2)=C(C(=O)[O-])c2ccc3nsnc3c2)cc1OC.[Na+]. The van der Waals surface area contributed by atoms with Crippen LogP contribution in [0, 0.1) is 0 Å². The minimum absolute atomic E-state index is 0. The van der Waals surface area contributed by atoms with E-state index < -0.39 is 11.8 Å². The summed E-state index contributed by atoms with van der Waals surface area (Å²) in [7, 11) is 2.95. The number of hydrogen-bond donors (Lipinski definition) is 0. The van der Waals surface area contributed by atoms with E-state index in [0.717, 1.165) is 11.7 Å². The summed E-state index contributed by atoms with van der Waals surface area (Å²) in [6.45, 7) is 11.3. The van der Waals surface area contributed by atoms with Crippen molar-refractivity contribution in [2.24, 2.45) is 0 Å². The Kier molecular flexibility index (Phi) is 13.0. The maximum atomic E-state index is 14.3. The molecule has 0 aliphatic rings. The number of benzene rings is 3. The average Bonchev–Trinajstić information content (AvgIpc) is 3.45. The first-order chi connectivity index (χ1) is 21.4. The van der Waals surface area contributed by atoms with Gasteiger partial charge in [-0.15, -0.1) is 0 Å². The minimum Gasteiger partial charge on any atom is -0.545 e. The number of carbonyl (C=O) groups excluding carboxylic acids is 2. The quantitative estimate of drug-likeness (QED) is 0.114. The first kappa shape index (κ1) is 36.8. The maximum Gasteiger partial charge on any atom is 1.00 e. The molecule has 0 bridgehead atoms. The second kappa shape index (κ2) is 16.3. The number of carboxylic acid groups (broad SMARTS) is 1. The van der Waals surface area contributed by atoms with E-state index in [0.29, 0.717) is 45.3 Å². The molecule has 0 N–H and O–H groups in total. The number of allylic oxidation sites excluding steroid dienone is 1. The van der Waals surface area contributed by atoms with Crippen molar-refractivity contribution in [1.82, 2.24) is 8.75 Å². The standard InChI is InChI=1S/C34H38N2O8S.Na/c1-18(2)42-29-14-21(15-30(43-19(3)4)33(29)44-20(5)6)13-24(32(37)23-10-12-27(40-7)28(17-23)41-8)31(34(38)39)22-9-11-25-26(16-22)36-45-35-25;/h9-12,14-20H,13H2,1-8H3,(H,38,39);/q;+1/p-1. The van der Waals surface area contributed by atoms with Crippen LogP contribution in [0.3, 0.4) is 0 Å². The molecule has 1 heterocycles. The van der Waals surface area contributed by atoms with E-state index in [-0.39, 0.29) is 76.6 Å². The van der Waals surface area contributed by atoms with E-state index in [1.807, 2.05) is 41.5 Å². The molecule has 4 rings (SSSR count). The number of carboxylic acids is 1. The largest absolute Gasteiger partial charge is 1.00 e. The molecule has 0 aliphatic heterocycles. The maximum absolute atomic E-state index is 14.3. The number of ether oxygens (including phenoxy) is 5. The van der Waals surface area contributed by atoms with Crippen LogP contribution >= 0.6 is 11.7 Å². The van der Waals surface area contributed by atoms with Crippen molar-refractivity contribution < 1.29 is 67.9 Å². The third kappa shape index (κ3) is 8.79. The summed E-state index contributed by atoms with van der Waals surface area (Å²) in [5.74, 6) is -0.0554. The van der Waals surface area contributed by atoms with Crippen LogP contribution in [0.1, 0.15) is 63.0 Å². The molecule has 3 aromatic carbocycles.